The minimum atomic E-state index is -0.574. The second kappa shape index (κ2) is 14.9. The van der Waals surface area contributed by atoms with Crippen LogP contribution in [0.25, 0.3) is 55.3 Å². The van der Waals surface area contributed by atoms with E-state index in [9.17, 15) is 0 Å². The van der Waals surface area contributed by atoms with E-state index in [1.165, 1.54) is 60.8 Å². The molecule has 0 fully saturated rings. The molecule has 1 aromatic heterocycles. The fourth-order valence-corrected chi connectivity index (χ4v) is 10.8. The minimum absolute atomic E-state index is 0.574. The molecule has 13 rings (SSSR count). The molecule has 0 saturated carbocycles. The van der Waals surface area contributed by atoms with Gasteiger partial charge in [-0.2, -0.15) is 0 Å². The fraction of sp³-hybridized carbons (Fsp3) is 0.0323. The molecule has 65 heavy (non-hydrogen) atoms. The van der Waals surface area contributed by atoms with Crippen LogP contribution in [0.2, 0.25) is 0 Å². The maximum atomic E-state index is 6.68. The van der Waals surface area contributed by atoms with Crippen molar-refractivity contribution in [2.24, 2.45) is 0 Å². The summed E-state index contributed by atoms with van der Waals surface area (Å²) in [4.78, 5) is 2.41. The van der Waals surface area contributed by atoms with Gasteiger partial charge in [0.2, 0.25) is 0 Å². The van der Waals surface area contributed by atoms with Crippen LogP contribution in [0.1, 0.15) is 28.7 Å². The summed E-state index contributed by atoms with van der Waals surface area (Å²) in [5, 5.41) is 2.53. The van der Waals surface area contributed by atoms with Crippen LogP contribution in [-0.4, -0.2) is 4.57 Å². The predicted molar refractivity (Wildman–Crippen MR) is 269 cm³/mol. The summed E-state index contributed by atoms with van der Waals surface area (Å²) in [6.07, 6.45) is 10.2. The second-order valence-corrected chi connectivity index (χ2v) is 17.2. The molecule has 2 aliphatic carbocycles. The first kappa shape index (κ1) is 37.2. The summed E-state index contributed by atoms with van der Waals surface area (Å²) in [6, 6.07) is 79.3. The molecule has 10 aromatic rings. The van der Waals surface area contributed by atoms with Crippen molar-refractivity contribution in [1.29, 1.82) is 0 Å². The van der Waals surface area contributed by atoms with Crippen molar-refractivity contribution < 1.29 is 4.74 Å². The first-order valence-electron chi connectivity index (χ1n) is 22.5. The molecular weight excluding hydrogens is 789 g/mol. The Balaban J connectivity index is 0.944. The van der Waals surface area contributed by atoms with E-state index < -0.39 is 5.41 Å². The largest absolute Gasteiger partial charge is 0.457 e. The summed E-state index contributed by atoms with van der Waals surface area (Å²) in [7, 11) is 0. The molecule has 3 heteroatoms. The Labute approximate surface area is 378 Å². The topological polar surface area (TPSA) is 17.4 Å². The molecule has 0 saturated heterocycles. The molecule has 0 radical (unpaired) electrons. The number of hydrogen-bond acceptors (Lipinski definition) is 2. The van der Waals surface area contributed by atoms with Crippen LogP contribution in [0, 0.1) is 0 Å². The third-order valence-corrected chi connectivity index (χ3v) is 13.7. The lowest BCUT2D eigenvalue weighted by Crippen LogP contribution is -2.33. The number of nitrogens with zero attached hydrogens (tertiary/aromatic N) is 2. The Morgan fingerprint density at radius 3 is 1.52 bits per heavy atom. The van der Waals surface area contributed by atoms with E-state index in [2.05, 4.69) is 252 Å². The van der Waals surface area contributed by atoms with Gasteiger partial charge < -0.3 is 14.2 Å². The van der Waals surface area contributed by atoms with Gasteiger partial charge in [-0.1, -0.05) is 170 Å². The van der Waals surface area contributed by atoms with Crippen LogP contribution in [0.15, 0.2) is 248 Å². The summed E-state index contributed by atoms with van der Waals surface area (Å²) in [5.74, 6) is 1.79. The molecule has 9 aromatic carbocycles. The number of para-hydroxylation sites is 4. The van der Waals surface area contributed by atoms with Crippen molar-refractivity contribution in [3.8, 4) is 39.4 Å². The molecule has 306 valence electrons. The van der Waals surface area contributed by atoms with Gasteiger partial charge in [0.1, 0.15) is 11.5 Å². The van der Waals surface area contributed by atoms with Crippen molar-refractivity contribution >= 4 is 44.4 Å². The van der Waals surface area contributed by atoms with Crippen LogP contribution in [-0.2, 0) is 5.41 Å². The van der Waals surface area contributed by atoms with E-state index in [4.69, 9.17) is 4.74 Å². The third-order valence-electron chi connectivity index (χ3n) is 13.7. The lowest BCUT2D eigenvalue weighted by atomic mass is 9.65. The maximum Gasteiger partial charge on any atom is 0.132 e. The van der Waals surface area contributed by atoms with Gasteiger partial charge in [0, 0.05) is 44.6 Å². The van der Waals surface area contributed by atoms with Crippen LogP contribution in [0.4, 0.5) is 17.1 Å². The van der Waals surface area contributed by atoms with Gasteiger partial charge in [0.05, 0.1) is 16.4 Å². The van der Waals surface area contributed by atoms with E-state index in [1.807, 2.05) is 0 Å². The Morgan fingerprint density at radius 1 is 0.415 bits per heavy atom. The van der Waals surface area contributed by atoms with E-state index >= 15 is 0 Å². The van der Waals surface area contributed by atoms with Crippen LogP contribution in [0.5, 0.6) is 11.5 Å². The van der Waals surface area contributed by atoms with Gasteiger partial charge in [-0.05, 0) is 124 Å². The van der Waals surface area contributed by atoms with E-state index in [0.29, 0.717) is 0 Å². The van der Waals surface area contributed by atoms with E-state index in [-0.39, 0.29) is 0 Å². The molecule has 0 unspecified atom stereocenters. The lowest BCUT2D eigenvalue weighted by Gasteiger charge is -2.40. The Kier molecular flexibility index (Phi) is 8.50. The van der Waals surface area contributed by atoms with Crippen LogP contribution >= 0.6 is 0 Å². The van der Waals surface area contributed by atoms with Crippen molar-refractivity contribution in [1.82, 2.24) is 4.57 Å². The van der Waals surface area contributed by atoms with Gasteiger partial charge in [0.25, 0.3) is 0 Å². The number of fused-ring (bicyclic) bond motifs is 11. The van der Waals surface area contributed by atoms with Crippen molar-refractivity contribution in [2.45, 2.75) is 11.8 Å². The lowest BCUT2D eigenvalue weighted by molar-refractivity contribution is 0.436. The van der Waals surface area contributed by atoms with Gasteiger partial charge in [0.15, 0.2) is 0 Å². The van der Waals surface area contributed by atoms with Gasteiger partial charge in [-0.15, -0.1) is 0 Å². The molecule has 0 atom stereocenters. The number of ether oxygens (including phenoxy) is 1. The summed E-state index contributed by atoms with van der Waals surface area (Å²) in [6.45, 7) is 0. The molecule has 1 aliphatic heterocycles. The molecule has 0 bridgehead atoms. The van der Waals surface area contributed by atoms with Crippen molar-refractivity contribution in [3.63, 3.8) is 0 Å². The second-order valence-electron chi connectivity index (χ2n) is 17.2. The summed E-state index contributed by atoms with van der Waals surface area (Å²) >= 11 is 0. The number of hydrogen-bond donors (Lipinski definition) is 0. The molecule has 2 heterocycles. The fourth-order valence-electron chi connectivity index (χ4n) is 10.8. The van der Waals surface area contributed by atoms with Crippen LogP contribution in [0.3, 0.4) is 0 Å². The van der Waals surface area contributed by atoms with Crippen molar-refractivity contribution in [3.05, 3.63) is 271 Å². The van der Waals surface area contributed by atoms with Crippen LogP contribution < -0.4 is 9.64 Å². The quantitative estimate of drug-likeness (QED) is 0.166. The normalized spacial score (nSPS) is 14.2. The first-order valence-corrected chi connectivity index (χ1v) is 22.5. The monoisotopic (exact) mass is 830 g/mol. The van der Waals surface area contributed by atoms with E-state index in [1.54, 1.807) is 0 Å². The van der Waals surface area contributed by atoms with Crippen molar-refractivity contribution in [2.75, 3.05) is 4.90 Å². The Morgan fingerprint density at radius 2 is 0.908 bits per heavy atom. The number of anilines is 3. The highest BCUT2D eigenvalue weighted by atomic mass is 16.5. The number of rotatable bonds is 6. The molecule has 1 spiro atoms. The average molecular weight is 831 g/mol. The first-order chi connectivity index (χ1) is 32.2. The zero-order valence-corrected chi connectivity index (χ0v) is 35.6. The number of allylic oxidation sites excluding steroid dienone is 6. The highest BCUT2D eigenvalue weighted by molar-refractivity contribution is 6.09. The highest BCUT2D eigenvalue weighted by Crippen LogP contribution is 2.62. The molecular formula is C62H42N2O. The third kappa shape index (κ3) is 5.76. The Hall–Kier alpha value is -8.40. The summed E-state index contributed by atoms with van der Waals surface area (Å²) in [5.41, 5.74) is 18.3. The molecule has 0 N–H and O–H groups in total. The SMILES string of the molecule is C1=CC2=C(C=CC1)C1(c3ccccc3Oc3ccccc31)c1cc(N(c3ccc(-c4ccccc4)cc3)c3ccc(-c4ccc(-n5c6ccccc6c6ccccc65)cc4)cc3)ccc12. The van der Waals surface area contributed by atoms with Gasteiger partial charge in [-0.3, -0.25) is 0 Å². The predicted octanol–water partition coefficient (Wildman–Crippen LogP) is 16.3. The standard InChI is InChI=1S/C62H42N2O/c1-3-15-42(16-4-1)43-27-33-46(34-28-43)63(47-35-29-44(30-36-47)45-31-37-48(38-32-45)64-58-23-11-7-18-52(58)53-19-8-12-24-59(53)64)49-39-40-51-50-17-5-2-6-20-54(50)62(57(51)41-49)55-21-9-13-25-60(55)65-61-26-14-10-22-56(61)62/h1,3-41H,2H2. The van der Waals surface area contributed by atoms with E-state index in [0.717, 1.165) is 57.4 Å². The minimum Gasteiger partial charge on any atom is -0.457 e. The molecule has 0 amide bonds. The molecule has 3 nitrogen and oxygen atoms in total. The summed E-state index contributed by atoms with van der Waals surface area (Å²) < 4.78 is 9.06. The highest BCUT2D eigenvalue weighted by Gasteiger charge is 2.51. The smallest absolute Gasteiger partial charge is 0.132 e. The van der Waals surface area contributed by atoms with Gasteiger partial charge >= 0.3 is 0 Å². The number of benzene rings is 9. The zero-order valence-electron chi connectivity index (χ0n) is 35.6. The maximum absolute atomic E-state index is 6.68. The zero-order chi connectivity index (χ0) is 42.9. The van der Waals surface area contributed by atoms with Gasteiger partial charge in [-0.25, -0.2) is 0 Å². The number of aromatic nitrogens is 1. The Bertz CT molecular complexity index is 3470. The molecule has 3 aliphatic rings. The average Bonchev–Trinajstić information content (AvgIpc) is 3.70.